The standard InChI is InChI=1S/C24H31FO6/c1-23(2)15-24(30-10-11-31-24)14-20(16-4-6-17(25)7-5-16)21(23)9-8-18(26)12-19(27)13-22(28)29-3/h4-9,18-19,26-27H,10-15H2,1-3H3/b9-8+. The van der Waals surface area contributed by atoms with Gasteiger partial charge in [-0.15, -0.1) is 0 Å². The fraction of sp³-hybridized carbons (Fsp3) is 0.542. The molecule has 2 N–H and O–H groups in total. The van der Waals surface area contributed by atoms with Gasteiger partial charge < -0.3 is 24.4 Å². The maximum Gasteiger partial charge on any atom is 0.308 e. The number of carbonyl (C=O) groups is 1. The zero-order chi connectivity index (χ0) is 22.6. The largest absolute Gasteiger partial charge is 0.469 e. The molecule has 1 aliphatic carbocycles. The van der Waals surface area contributed by atoms with Crippen molar-refractivity contribution in [3.63, 3.8) is 0 Å². The summed E-state index contributed by atoms with van der Waals surface area (Å²) in [5.41, 5.74) is 2.49. The van der Waals surface area contributed by atoms with E-state index in [1.165, 1.54) is 19.2 Å². The zero-order valence-electron chi connectivity index (χ0n) is 18.3. The molecule has 170 valence electrons. The predicted octanol–water partition coefficient (Wildman–Crippen LogP) is 3.37. The van der Waals surface area contributed by atoms with Crippen molar-refractivity contribution in [2.75, 3.05) is 20.3 Å². The third-order valence-corrected chi connectivity index (χ3v) is 5.85. The van der Waals surface area contributed by atoms with Crippen LogP contribution in [-0.2, 0) is 19.0 Å². The van der Waals surface area contributed by atoms with E-state index < -0.39 is 24.0 Å². The molecule has 1 aromatic rings. The molecule has 1 aliphatic heterocycles. The van der Waals surface area contributed by atoms with Crippen LogP contribution < -0.4 is 0 Å². The average Bonchev–Trinajstić information content (AvgIpc) is 3.13. The summed E-state index contributed by atoms with van der Waals surface area (Å²) in [5, 5.41) is 20.4. The van der Waals surface area contributed by atoms with Crippen LogP contribution in [-0.4, -0.2) is 54.5 Å². The van der Waals surface area contributed by atoms with Crippen molar-refractivity contribution < 1.29 is 33.6 Å². The Morgan fingerprint density at radius 2 is 1.87 bits per heavy atom. The number of allylic oxidation sites excluding steroid dienone is 2. The molecule has 2 aliphatic rings. The van der Waals surface area contributed by atoms with Gasteiger partial charge in [0.15, 0.2) is 5.79 Å². The number of aliphatic hydroxyl groups excluding tert-OH is 2. The first-order valence-electron chi connectivity index (χ1n) is 10.5. The first-order valence-corrected chi connectivity index (χ1v) is 10.5. The second-order valence-corrected chi connectivity index (χ2v) is 8.84. The Morgan fingerprint density at radius 1 is 1.23 bits per heavy atom. The van der Waals surface area contributed by atoms with Crippen LogP contribution in [0.4, 0.5) is 4.39 Å². The number of rotatable bonds is 7. The Morgan fingerprint density at radius 3 is 2.48 bits per heavy atom. The van der Waals surface area contributed by atoms with E-state index in [0.717, 1.165) is 16.7 Å². The van der Waals surface area contributed by atoms with Crippen LogP contribution >= 0.6 is 0 Å². The molecule has 0 saturated carbocycles. The molecular formula is C24H31FO6. The number of carbonyl (C=O) groups excluding carboxylic acids is 1. The van der Waals surface area contributed by atoms with E-state index in [4.69, 9.17) is 9.47 Å². The molecule has 7 heteroatoms. The van der Waals surface area contributed by atoms with E-state index in [1.54, 1.807) is 18.2 Å². The molecular weight excluding hydrogens is 403 g/mol. The minimum atomic E-state index is -0.999. The summed E-state index contributed by atoms with van der Waals surface area (Å²) in [6.45, 7) is 5.24. The molecule has 1 heterocycles. The van der Waals surface area contributed by atoms with Gasteiger partial charge in [0.1, 0.15) is 5.82 Å². The van der Waals surface area contributed by atoms with E-state index in [0.29, 0.717) is 26.1 Å². The molecule has 0 amide bonds. The van der Waals surface area contributed by atoms with Gasteiger partial charge >= 0.3 is 5.97 Å². The zero-order valence-corrected chi connectivity index (χ0v) is 18.3. The van der Waals surface area contributed by atoms with Crippen molar-refractivity contribution in [2.45, 2.75) is 57.5 Å². The van der Waals surface area contributed by atoms with Crippen molar-refractivity contribution in [1.29, 1.82) is 0 Å². The van der Waals surface area contributed by atoms with Crippen LogP contribution in [0.2, 0.25) is 0 Å². The highest BCUT2D eigenvalue weighted by atomic mass is 19.1. The lowest BCUT2D eigenvalue weighted by molar-refractivity contribution is -0.174. The Kier molecular flexibility index (Phi) is 7.31. The summed E-state index contributed by atoms with van der Waals surface area (Å²) >= 11 is 0. The third-order valence-electron chi connectivity index (χ3n) is 5.85. The minimum absolute atomic E-state index is 0.0152. The van der Waals surface area contributed by atoms with Crippen molar-refractivity contribution in [2.24, 2.45) is 5.41 Å². The summed E-state index contributed by atoms with van der Waals surface area (Å²) in [7, 11) is 1.25. The van der Waals surface area contributed by atoms with Crippen molar-refractivity contribution in [3.8, 4) is 0 Å². The van der Waals surface area contributed by atoms with E-state index in [1.807, 2.05) is 6.08 Å². The van der Waals surface area contributed by atoms with Gasteiger partial charge in [0.2, 0.25) is 0 Å². The maximum absolute atomic E-state index is 13.5. The summed E-state index contributed by atoms with van der Waals surface area (Å²) in [4.78, 5) is 11.3. The Hall–Kier alpha value is -2.06. The van der Waals surface area contributed by atoms with Crippen molar-refractivity contribution in [1.82, 2.24) is 0 Å². The van der Waals surface area contributed by atoms with Crippen LogP contribution in [0.15, 0.2) is 42.0 Å². The summed E-state index contributed by atoms with van der Waals surface area (Å²) in [6, 6.07) is 6.32. The number of benzene rings is 1. The number of hydrogen-bond donors (Lipinski definition) is 2. The Labute approximate surface area is 182 Å². The fourth-order valence-corrected chi connectivity index (χ4v) is 4.46. The third kappa shape index (κ3) is 5.80. The molecule has 3 rings (SSSR count). The van der Waals surface area contributed by atoms with Gasteiger partial charge in [-0.3, -0.25) is 4.79 Å². The molecule has 1 aromatic carbocycles. The van der Waals surface area contributed by atoms with Crippen LogP contribution in [0.5, 0.6) is 0 Å². The van der Waals surface area contributed by atoms with Gasteiger partial charge in [0, 0.05) is 19.3 Å². The molecule has 1 fully saturated rings. The lowest BCUT2D eigenvalue weighted by atomic mass is 9.68. The van der Waals surface area contributed by atoms with Crippen LogP contribution in [0.1, 0.15) is 45.1 Å². The van der Waals surface area contributed by atoms with Gasteiger partial charge in [0.05, 0.1) is 39.0 Å². The highest BCUT2D eigenvalue weighted by Crippen LogP contribution is 2.51. The normalized spacial score (nSPS) is 22.1. The highest BCUT2D eigenvalue weighted by molar-refractivity contribution is 5.74. The first-order chi connectivity index (χ1) is 14.6. The molecule has 0 aromatic heterocycles. The molecule has 0 radical (unpaired) electrons. The first kappa shape index (κ1) is 23.6. The smallest absolute Gasteiger partial charge is 0.308 e. The van der Waals surface area contributed by atoms with Crippen molar-refractivity contribution in [3.05, 3.63) is 53.4 Å². The molecule has 2 atom stereocenters. The Bertz CT molecular complexity index is 836. The minimum Gasteiger partial charge on any atom is -0.469 e. The fourth-order valence-electron chi connectivity index (χ4n) is 4.46. The number of ether oxygens (including phenoxy) is 3. The summed E-state index contributed by atoms with van der Waals surface area (Å²) in [5.74, 6) is -1.55. The highest BCUT2D eigenvalue weighted by Gasteiger charge is 2.47. The van der Waals surface area contributed by atoms with Gasteiger partial charge in [-0.25, -0.2) is 4.39 Å². The quantitative estimate of drug-likeness (QED) is 0.640. The van der Waals surface area contributed by atoms with E-state index >= 15 is 0 Å². The van der Waals surface area contributed by atoms with E-state index in [9.17, 15) is 19.4 Å². The number of hydrogen-bond acceptors (Lipinski definition) is 6. The van der Waals surface area contributed by atoms with E-state index in [2.05, 4.69) is 18.6 Å². The lowest BCUT2D eigenvalue weighted by Crippen LogP contribution is -2.41. The number of halogens is 1. The average molecular weight is 435 g/mol. The lowest BCUT2D eigenvalue weighted by Gasteiger charge is -2.43. The maximum atomic E-state index is 13.5. The van der Waals surface area contributed by atoms with Gasteiger partial charge in [-0.05, 0) is 34.3 Å². The SMILES string of the molecule is COC(=O)CC(O)CC(O)/C=C/C1=C(c2ccc(F)cc2)CC2(CC1(C)C)OCCO2. The molecule has 1 spiro atoms. The van der Waals surface area contributed by atoms with Crippen LogP contribution in [0.25, 0.3) is 5.57 Å². The molecule has 31 heavy (non-hydrogen) atoms. The van der Waals surface area contributed by atoms with Crippen LogP contribution in [0, 0.1) is 11.2 Å². The number of methoxy groups -OCH3 is 1. The summed E-state index contributed by atoms with van der Waals surface area (Å²) < 4.78 is 30.0. The predicted molar refractivity (Wildman–Crippen MR) is 113 cm³/mol. The van der Waals surface area contributed by atoms with Crippen LogP contribution in [0.3, 0.4) is 0 Å². The van der Waals surface area contributed by atoms with Gasteiger partial charge in [-0.2, -0.15) is 0 Å². The summed E-state index contributed by atoms with van der Waals surface area (Å²) in [6.07, 6.45) is 2.54. The van der Waals surface area contributed by atoms with Gasteiger partial charge in [-0.1, -0.05) is 38.1 Å². The van der Waals surface area contributed by atoms with Gasteiger partial charge in [0.25, 0.3) is 0 Å². The topological polar surface area (TPSA) is 85.2 Å². The second kappa shape index (κ2) is 9.61. The molecule has 1 saturated heterocycles. The van der Waals surface area contributed by atoms with Crippen molar-refractivity contribution >= 4 is 11.5 Å². The monoisotopic (exact) mass is 434 g/mol. The number of aliphatic hydroxyl groups is 2. The molecule has 2 unspecified atom stereocenters. The van der Waals surface area contributed by atoms with E-state index in [-0.39, 0.29) is 24.1 Å². The Balaban J connectivity index is 1.89. The molecule has 0 bridgehead atoms. The molecule has 6 nitrogen and oxygen atoms in total. The number of esters is 1. The second-order valence-electron chi connectivity index (χ2n) is 8.84.